The largest absolute Gasteiger partial charge is 0.354 e. The van der Waals surface area contributed by atoms with Gasteiger partial charge in [0.2, 0.25) is 11.8 Å². The molecule has 0 saturated carbocycles. The molecular weight excluding hydrogens is 342 g/mol. The predicted octanol–water partition coefficient (Wildman–Crippen LogP) is 1.24. The van der Waals surface area contributed by atoms with Gasteiger partial charge in [-0.2, -0.15) is 5.10 Å². The van der Waals surface area contributed by atoms with Crippen LogP contribution in [0.25, 0.3) is 0 Å². The zero-order valence-corrected chi connectivity index (χ0v) is 16.4. The molecule has 148 valence electrons. The average molecular weight is 374 g/mol. The fraction of sp³-hybridized carbons (Fsp3) is 0.750. The topological polar surface area (TPSA) is 70.5 Å². The second kappa shape index (κ2) is 7.62. The second-order valence-electron chi connectivity index (χ2n) is 8.38. The number of rotatable bonds is 5. The molecular formula is C20H31N5O2. The summed E-state index contributed by atoms with van der Waals surface area (Å²) in [5, 5.41) is 7.62. The van der Waals surface area contributed by atoms with Crippen molar-refractivity contribution in [3.8, 4) is 0 Å². The number of hydrogen-bond acceptors (Lipinski definition) is 4. The van der Waals surface area contributed by atoms with E-state index in [1.165, 1.54) is 6.42 Å². The fourth-order valence-electron chi connectivity index (χ4n) is 5.41. The molecule has 3 aliphatic rings. The van der Waals surface area contributed by atoms with Crippen molar-refractivity contribution in [3.63, 3.8) is 0 Å². The number of carbonyl (C=O) groups excluding carboxylic acids is 2. The molecule has 7 nitrogen and oxygen atoms in total. The minimum Gasteiger partial charge on any atom is -0.354 e. The van der Waals surface area contributed by atoms with Crippen LogP contribution in [0.2, 0.25) is 0 Å². The number of nitrogens with zero attached hydrogens (tertiary/aromatic N) is 4. The summed E-state index contributed by atoms with van der Waals surface area (Å²) < 4.78 is 1.97. The van der Waals surface area contributed by atoms with Crippen LogP contribution in [0.1, 0.15) is 45.2 Å². The molecule has 3 aliphatic heterocycles. The minimum absolute atomic E-state index is 0.0177. The van der Waals surface area contributed by atoms with Gasteiger partial charge in [-0.25, -0.2) is 0 Å². The monoisotopic (exact) mass is 373 g/mol. The number of aromatic nitrogens is 2. The number of carbonyl (C=O) groups is 2. The molecule has 0 spiro atoms. The highest BCUT2D eigenvalue weighted by Gasteiger charge is 2.49. The Kier molecular flexibility index (Phi) is 5.21. The molecule has 1 N–H and O–H groups in total. The maximum atomic E-state index is 12.7. The Morgan fingerprint density at radius 2 is 2.15 bits per heavy atom. The van der Waals surface area contributed by atoms with E-state index in [0.717, 1.165) is 44.7 Å². The fourth-order valence-corrected chi connectivity index (χ4v) is 5.41. The smallest absolute Gasteiger partial charge is 0.223 e. The lowest BCUT2D eigenvalue weighted by molar-refractivity contribution is -0.153. The molecule has 4 rings (SSSR count). The highest BCUT2D eigenvalue weighted by atomic mass is 16.2. The number of aryl methyl sites for hydroxylation is 1. The van der Waals surface area contributed by atoms with E-state index in [-0.39, 0.29) is 17.9 Å². The van der Waals surface area contributed by atoms with Crippen LogP contribution < -0.4 is 5.32 Å². The Bertz CT molecular complexity index is 702. The Hall–Kier alpha value is -1.89. The quantitative estimate of drug-likeness (QED) is 0.843. The van der Waals surface area contributed by atoms with Crippen molar-refractivity contribution in [3.05, 3.63) is 18.0 Å². The molecule has 3 saturated heterocycles. The van der Waals surface area contributed by atoms with Crippen molar-refractivity contribution < 1.29 is 9.59 Å². The summed E-state index contributed by atoms with van der Waals surface area (Å²) >= 11 is 0. The summed E-state index contributed by atoms with van der Waals surface area (Å²) in [7, 11) is 0. The van der Waals surface area contributed by atoms with Crippen LogP contribution >= 0.6 is 0 Å². The van der Waals surface area contributed by atoms with Gasteiger partial charge in [-0.05, 0) is 44.1 Å². The van der Waals surface area contributed by atoms with E-state index in [9.17, 15) is 9.59 Å². The van der Waals surface area contributed by atoms with E-state index in [1.807, 2.05) is 10.9 Å². The molecule has 1 aromatic rings. The lowest BCUT2D eigenvalue weighted by Gasteiger charge is -2.56. The molecule has 0 aliphatic carbocycles. The molecule has 7 heteroatoms. The van der Waals surface area contributed by atoms with Gasteiger partial charge >= 0.3 is 0 Å². The van der Waals surface area contributed by atoms with Gasteiger partial charge in [0, 0.05) is 58.3 Å². The third kappa shape index (κ3) is 3.74. The first-order valence-electron chi connectivity index (χ1n) is 10.4. The van der Waals surface area contributed by atoms with E-state index in [1.54, 1.807) is 6.92 Å². The number of fused-ring (bicyclic) bond motifs is 4. The van der Waals surface area contributed by atoms with Gasteiger partial charge in [-0.3, -0.25) is 19.2 Å². The zero-order chi connectivity index (χ0) is 19.0. The van der Waals surface area contributed by atoms with Crippen LogP contribution in [0.3, 0.4) is 0 Å². The molecule has 4 heterocycles. The van der Waals surface area contributed by atoms with Crippen molar-refractivity contribution in [2.24, 2.45) is 11.8 Å². The van der Waals surface area contributed by atoms with Gasteiger partial charge in [0.1, 0.15) is 0 Å². The van der Waals surface area contributed by atoms with Gasteiger partial charge in [-0.15, -0.1) is 0 Å². The summed E-state index contributed by atoms with van der Waals surface area (Å²) in [6.07, 6.45) is 5.96. The lowest BCUT2D eigenvalue weighted by Crippen LogP contribution is -2.66. The number of nitrogens with one attached hydrogen (secondary N) is 1. The van der Waals surface area contributed by atoms with Crippen molar-refractivity contribution >= 4 is 11.8 Å². The molecule has 2 amide bonds. The average Bonchev–Trinajstić information content (AvgIpc) is 3.09. The molecule has 2 bridgehead atoms. The van der Waals surface area contributed by atoms with Crippen LogP contribution in [0.4, 0.5) is 0 Å². The number of hydrogen-bond donors (Lipinski definition) is 1. The van der Waals surface area contributed by atoms with E-state index < -0.39 is 0 Å². The van der Waals surface area contributed by atoms with Crippen LogP contribution in [0, 0.1) is 11.8 Å². The van der Waals surface area contributed by atoms with Crippen LogP contribution in [-0.2, 0) is 22.7 Å². The molecule has 0 unspecified atom stereocenters. The summed E-state index contributed by atoms with van der Waals surface area (Å²) in [4.78, 5) is 28.9. The second-order valence-corrected chi connectivity index (χ2v) is 8.38. The highest BCUT2D eigenvalue weighted by Crippen LogP contribution is 2.41. The van der Waals surface area contributed by atoms with Crippen LogP contribution in [0.15, 0.2) is 12.3 Å². The van der Waals surface area contributed by atoms with Gasteiger partial charge in [0.25, 0.3) is 0 Å². The van der Waals surface area contributed by atoms with E-state index in [0.29, 0.717) is 30.8 Å². The standard InChI is InChI=1S/C20H31N5O2/c1-3-24-8-7-17(22-24)13-23-11-15-9-16(12-23)19(10-21-14(2)26)25-18(15)5-4-6-20(25)27/h7-8,15-16,18-19H,3-6,9-13H2,1-2H3,(H,21,26)/t15-,16+,18+,19+/m1/s1. The summed E-state index contributed by atoms with van der Waals surface area (Å²) in [5.41, 5.74) is 1.12. The lowest BCUT2D eigenvalue weighted by atomic mass is 9.72. The first-order valence-corrected chi connectivity index (χ1v) is 10.4. The maximum Gasteiger partial charge on any atom is 0.223 e. The molecule has 4 atom stereocenters. The third-order valence-electron chi connectivity index (χ3n) is 6.54. The Morgan fingerprint density at radius 3 is 2.89 bits per heavy atom. The van der Waals surface area contributed by atoms with E-state index in [2.05, 4.69) is 33.2 Å². The highest BCUT2D eigenvalue weighted by molar-refractivity contribution is 5.78. The predicted molar refractivity (Wildman–Crippen MR) is 102 cm³/mol. The van der Waals surface area contributed by atoms with Crippen molar-refractivity contribution in [1.82, 2.24) is 24.9 Å². The summed E-state index contributed by atoms with van der Waals surface area (Å²) in [5.74, 6) is 1.22. The number of piperidine rings is 3. The zero-order valence-electron chi connectivity index (χ0n) is 16.4. The van der Waals surface area contributed by atoms with Gasteiger partial charge in [0.05, 0.1) is 11.7 Å². The minimum atomic E-state index is -0.0177. The van der Waals surface area contributed by atoms with Crippen LogP contribution in [0.5, 0.6) is 0 Å². The number of amides is 2. The SMILES string of the molecule is CCn1ccc(CN2C[C@H]3C[C@@H](C2)[C@H](CNC(C)=O)N2C(=O)CCC[C@@H]32)n1. The van der Waals surface area contributed by atoms with Gasteiger partial charge in [-0.1, -0.05) is 0 Å². The van der Waals surface area contributed by atoms with E-state index >= 15 is 0 Å². The van der Waals surface area contributed by atoms with E-state index in [4.69, 9.17) is 0 Å². The van der Waals surface area contributed by atoms with Crippen molar-refractivity contribution in [2.45, 2.75) is 64.7 Å². The molecule has 0 radical (unpaired) electrons. The maximum absolute atomic E-state index is 12.7. The Labute approximate surface area is 161 Å². The summed E-state index contributed by atoms with van der Waals surface area (Å²) in [6, 6.07) is 2.57. The Morgan fingerprint density at radius 1 is 1.33 bits per heavy atom. The van der Waals surface area contributed by atoms with Gasteiger partial charge < -0.3 is 10.2 Å². The van der Waals surface area contributed by atoms with Crippen LogP contribution in [-0.4, -0.2) is 63.1 Å². The normalized spacial score (nSPS) is 30.9. The molecule has 0 aromatic carbocycles. The number of likely N-dealkylation sites (tertiary alicyclic amines) is 1. The summed E-state index contributed by atoms with van der Waals surface area (Å²) in [6.45, 7) is 8.00. The van der Waals surface area contributed by atoms with Crippen molar-refractivity contribution in [1.29, 1.82) is 0 Å². The molecule has 3 fully saturated rings. The first-order chi connectivity index (χ1) is 13.0. The molecule has 1 aromatic heterocycles. The first kappa shape index (κ1) is 18.5. The van der Waals surface area contributed by atoms with Gasteiger partial charge in [0.15, 0.2) is 0 Å². The molecule has 27 heavy (non-hydrogen) atoms. The van der Waals surface area contributed by atoms with Crippen molar-refractivity contribution in [2.75, 3.05) is 19.6 Å². The Balaban J connectivity index is 1.52. The third-order valence-corrected chi connectivity index (χ3v) is 6.54.